The molecule has 0 atom stereocenters. The van der Waals surface area contributed by atoms with Crippen LogP contribution in [0, 0.1) is 11.6 Å². The second-order valence-corrected chi connectivity index (χ2v) is 2.93. The summed E-state index contributed by atoms with van der Waals surface area (Å²) >= 11 is 0. The fourth-order valence-corrected chi connectivity index (χ4v) is 1.10. The molecule has 0 aromatic heterocycles. The molecule has 0 spiro atoms. The normalized spacial score (nSPS) is 10.4. The summed E-state index contributed by atoms with van der Waals surface area (Å²) in [6, 6.07) is 2.32. The van der Waals surface area contributed by atoms with Gasteiger partial charge in [-0.2, -0.15) is 0 Å². The Kier molecular flexibility index (Phi) is 4.45. The molecule has 1 aromatic carbocycles. The molecule has 5 heteroatoms. The van der Waals surface area contributed by atoms with Crippen molar-refractivity contribution in [2.24, 2.45) is 5.73 Å². The number of methoxy groups -OCH3 is 1. The summed E-state index contributed by atoms with van der Waals surface area (Å²) < 4.78 is 36.1. The third-order valence-electron chi connectivity index (χ3n) is 1.83. The summed E-state index contributed by atoms with van der Waals surface area (Å²) in [6.07, 6.45) is 0. The third-order valence-corrected chi connectivity index (χ3v) is 1.83. The van der Waals surface area contributed by atoms with Crippen LogP contribution in [-0.2, 0) is 11.3 Å². The second kappa shape index (κ2) is 5.63. The lowest BCUT2D eigenvalue weighted by Crippen LogP contribution is -2.08. The number of ether oxygens (including phenoxy) is 2. The minimum Gasteiger partial charge on any atom is -0.485 e. The van der Waals surface area contributed by atoms with Gasteiger partial charge in [-0.3, -0.25) is 0 Å². The van der Waals surface area contributed by atoms with Gasteiger partial charge in [0.25, 0.3) is 0 Å². The van der Waals surface area contributed by atoms with Crippen molar-refractivity contribution in [3.8, 4) is 5.75 Å². The standard InChI is InChI=1S/C10H13F2NO2/c1-14-2-3-15-10-8(11)4-7(6-13)5-9(10)12/h4-5H,2-3,6,13H2,1H3. The Balaban J connectivity index is 2.79. The average Bonchev–Trinajstić information content (AvgIpc) is 2.22. The predicted molar refractivity (Wildman–Crippen MR) is 51.6 cm³/mol. The highest BCUT2D eigenvalue weighted by atomic mass is 19.1. The van der Waals surface area contributed by atoms with Crippen LogP contribution in [0.5, 0.6) is 5.75 Å². The largest absolute Gasteiger partial charge is 0.485 e. The van der Waals surface area contributed by atoms with Crippen molar-refractivity contribution < 1.29 is 18.3 Å². The molecular weight excluding hydrogens is 204 g/mol. The van der Waals surface area contributed by atoms with Crippen LogP contribution in [0.2, 0.25) is 0 Å². The minimum absolute atomic E-state index is 0.0895. The van der Waals surface area contributed by atoms with Gasteiger partial charge in [0, 0.05) is 13.7 Å². The van der Waals surface area contributed by atoms with Gasteiger partial charge in [-0.25, -0.2) is 8.78 Å². The van der Waals surface area contributed by atoms with Gasteiger partial charge in [-0.15, -0.1) is 0 Å². The van der Waals surface area contributed by atoms with Gasteiger partial charge in [0.2, 0.25) is 0 Å². The first kappa shape index (κ1) is 11.9. The van der Waals surface area contributed by atoms with E-state index in [1.54, 1.807) is 0 Å². The average molecular weight is 217 g/mol. The highest BCUT2D eigenvalue weighted by Crippen LogP contribution is 2.23. The van der Waals surface area contributed by atoms with E-state index in [1.165, 1.54) is 7.11 Å². The monoisotopic (exact) mass is 217 g/mol. The summed E-state index contributed by atoms with van der Waals surface area (Å²) in [7, 11) is 1.48. The first-order valence-electron chi connectivity index (χ1n) is 4.48. The van der Waals surface area contributed by atoms with Gasteiger partial charge in [-0.1, -0.05) is 0 Å². The van der Waals surface area contributed by atoms with Gasteiger partial charge < -0.3 is 15.2 Å². The van der Waals surface area contributed by atoms with Crippen molar-refractivity contribution in [3.05, 3.63) is 29.3 Å². The van der Waals surface area contributed by atoms with Gasteiger partial charge in [0.15, 0.2) is 17.4 Å². The van der Waals surface area contributed by atoms with E-state index in [0.29, 0.717) is 5.56 Å². The van der Waals surface area contributed by atoms with Crippen LogP contribution < -0.4 is 10.5 Å². The summed E-state index contributed by atoms with van der Waals surface area (Å²) in [4.78, 5) is 0. The first-order chi connectivity index (χ1) is 7.19. The van der Waals surface area contributed by atoms with E-state index < -0.39 is 11.6 Å². The number of benzene rings is 1. The lowest BCUT2D eigenvalue weighted by atomic mass is 10.2. The number of hydrogen-bond donors (Lipinski definition) is 1. The van der Waals surface area contributed by atoms with E-state index in [0.717, 1.165) is 12.1 Å². The molecule has 0 saturated heterocycles. The molecular formula is C10H13F2NO2. The van der Waals surface area contributed by atoms with Crippen molar-refractivity contribution in [3.63, 3.8) is 0 Å². The zero-order valence-electron chi connectivity index (χ0n) is 8.43. The summed E-state index contributed by atoms with van der Waals surface area (Å²) in [5.74, 6) is -1.87. The Morgan fingerprint density at radius 3 is 2.27 bits per heavy atom. The fraction of sp³-hybridized carbons (Fsp3) is 0.400. The van der Waals surface area contributed by atoms with E-state index in [9.17, 15) is 8.78 Å². The molecule has 2 N–H and O–H groups in total. The molecule has 1 rings (SSSR count). The Labute approximate surface area is 86.8 Å². The Bertz CT molecular complexity index is 308. The number of halogens is 2. The highest BCUT2D eigenvalue weighted by Gasteiger charge is 2.11. The zero-order chi connectivity index (χ0) is 11.3. The smallest absolute Gasteiger partial charge is 0.190 e. The van der Waals surface area contributed by atoms with Crippen LogP contribution in [0.4, 0.5) is 8.78 Å². The Morgan fingerprint density at radius 1 is 1.20 bits per heavy atom. The van der Waals surface area contributed by atoms with Crippen molar-refractivity contribution in [2.45, 2.75) is 6.54 Å². The number of rotatable bonds is 5. The van der Waals surface area contributed by atoms with E-state index in [-0.39, 0.29) is 25.5 Å². The summed E-state index contributed by atoms with van der Waals surface area (Å²) in [5.41, 5.74) is 5.66. The van der Waals surface area contributed by atoms with E-state index in [4.69, 9.17) is 15.2 Å². The minimum atomic E-state index is -0.744. The van der Waals surface area contributed by atoms with Gasteiger partial charge in [0.1, 0.15) is 6.61 Å². The molecule has 0 fully saturated rings. The molecule has 0 aliphatic heterocycles. The molecule has 3 nitrogen and oxygen atoms in total. The maximum atomic E-state index is 13.3. The zero-order valence-corrected chi connectivity index (χ0v) is 8.43. The highest BCUT2D eigenvalue weighted by molar-refractivity contribution is 5.31. The third kappa shape index (κ3) is 3.14. The topological polar surface area (TPSA) is 44.5 Å². The maximum absolute atomic E-state index is 13.3. The molecule has 0 unspecified atom stereocenters. The van der Waals surface area contributed by atoms with E-state index in [2.05, 4.69) is 0 Å². The molecule has 0 amide bonds. The fourth-order valence-electron chi connectivity index (χ4n) is 1.10. The molecule has 0 radical (unpaired) electrons. The van der Waals surface area contributed by atoms with Crippen LogP contribution >= 0.6 is 0 Å². The Morgan fingerprint density at radius 2 is 1.80 bits per heavy atom. The molecule has 84 valence electrons. The Hall–Kier alpha value is -1.20. The molecule has 15 heavy (non-hydrogen) atoms. The second-order valence-electron chi connectivity index (χ2n) is 2.93. The molecule has 0 heterocycles. The molecule has 0 bridgehead atoms. The van der Waals surface area contributed by atoms with Crippen LogP contribution in [0.1, 0.15) is 5.56 Å². The van der Waals surface area contributed by atoms with Crippen LogP contribution in [-0.4, -0.2) is 20.3 Å². The predicted octanol–water partition coefficient (Wildman–Crippen LogP) is 1.45. The molecule has 0 aliphatic rings. The number of nitrogens with two attached hydrogens (primary N) is 1. The quantitative estimate of drug-likeness (QED) is 0.759. The molecule has 1 aromatic rings. The first-order valence-corrected chi connectivity index (χ1v) is 4.48. The van der Waals surface area contributed by atoms with Crippen molar-refractivity contribution in [1.82, 2.24) is 0 Å². The van der Waals surface area contributed by atoms with Crippen molar-refractivity contribution in [1.29, 1.82) is 0 Å². The van der Waals surface area contributed by atoms with Gasteiger partial charge >= 0.3 is 0 Å². The van der Waals surface area contributed by atoms with Crippen LogP contribution in [0.25, 0.3) is 0 Å². The van der Waals surface area contributed by atoms with E-state index >= 15 is 0 Å². The summed E-state index contributed by atoms with van der Waals surface area (Å²) in [6.45, 7) is 0.468. The van der Waals surface area contributed by atoms with Crippen molar-refractivity contribution in [2.75, 3.05) is 20.3 Å². The summed E-state index contributed by atoms with van der Waals surface area (Å²) in [5, 5.41) is 0. The number of hydrogen-bond acceptors (Lipinski definition) is 3. The molecule has 0 aliphatic carbocycles. The molecule has 0 saturated carbocycles. The SMILES string of the molecule is COCCOc1c(F)cc(CN)cc1F. The maximum Gasteiger partial charge on any atom is 0.190 e. The van der Waals surface area contributed by atoms with Crippen LogP contribution in [0.15, 0.2) is 12.1 Å². The van der Waals surface area contributed by atoms with E-state index in [1.807, 2.05) is 0 Å². The van der Waals surface area contributed by atoms with Crippen LogP contribution in [0.3, 0.4) is 0 Å². The lowest BCUT2D eigenvalue weighted by molar-refractivity contribution is 0.141. The van der Waals surface area contributed by atoms with Crippen molar-refractivity contribution >= 4 is 0 Å². The lowest BCUT2D eigenvalue weighted by Gasteiger charge is -2.08. The van der Waals surface area contributed by atoms with Gasteiger partial charge in [0.05, 0.1) is 6.61 Å². The van der Waals surface area contributed by atoms with Gasteiger partial charge in [-0.05, 0) is 17.7 Å².